The van der Waals surface area contributed by atoms with Crippen molar-refractivity contribution in [3.8, 4) is 5.75 Å². The Labute approximate surface area is 155 Å². The molecule has 6 unspecified atom stereocenters. The van der Waals surface area contributed by atoms with Crippen LogP contribution in [-0.4, -0.2) is 48.9 Å². The van der Waals surface area contributed by atoms with Gasteiger partial charge in [0.05, 0.1) is 12.5 Å². The highest BCUT2D eigenvalue weighted by Gasteiger charge is 2.51. The Kier molecular flexibility index (Phi) is 7.18. The van der Waals surface area contributed by atoms with Crippen LogP contribution in [0.1, 0.15) is 25.8 Å². The van der Waals surface area contributed by atoms with Crippen LogP contribution in [-0.2, 0) is 0 Å². The molecule has 6 atom stereocenters. The van der Waals surface area contributed by atoms with Gasteiger partial charge in [0.1, 0.15) is 18.1 Å². The Morgan fingerprint density at radius 1 is 1.36 bits per heavy atom. The minimum Gasteiger partial charge on any atom is -1.00 e. The monoisotopic (exact) mass is 368 g/mol. The predicted octanol–water partition coefficient (Wildman–Crippen LogP) is -4.24. The number of nitrogens with one attached hydrogen (secondary N) is 4. The Balaban J connectivity index is 0.00000225. The summed E-state index contributed by atoms with van der Waals surface area (Å²) in [5.41, 5.74) is 13.8. The summed E-state index contributed by atoms with van der Waals surface area (Å²) in [4.78, 5) is 6.08. The number of halogens is 1. The zero-order valence-corrected chi connectivity index (χ0v) is 15.5. The molecular formula is C17H29ClN6O. The molecule has 3 rings (SSSR count). The number of phenolic OH excluding ortho intramolecular Hbond substituents is 1. The van der Waals surface area contributed by atoms with Crippen LogP contribution in [0, 0.1) is 5.92 Å². The van der Waals surface area contributed by atoms with Crippen molar-refractivity contribution in [2.24, 2.45) is 16.6 Å². The number of hydrogen-bond donors (Lipinski definition) is 6. The van der Waals surface area contributed by atoms with Crippen LogP contribution in [0.3, 0.4) is 0 Å². The highest BCUT2D eigenvalue weighted by molar-refractivity contribution is 5.83. The second kappa shape index (κ2) is 8.93. The van der Waals surface area contributed by atoms with Gasteiger partial charge in [0.15, 0.2) is 6.17 Å². The first-order valence-electron chi connectivity index (χ1n) is 8.82. The van der Waals surface area contributed by atoms with E-state index in [9.17, 15) is 5.11 Å². The van der Waals surface area contributed by atoms with E-state index >= 15 is 0 Å². The lowest BCUT2D eigenvalue weighted by molar-refractivity contribution is -0.959. The Morgan fingerprint density at radius 3 is 2.80 bits per heavy atom. The summed E-state index contributed by atoms with van der Waals surface area (Å²) in [6.07, 6.45) is 2.99. The summed E-state index contributed by atoms with van der Waals surface area (Å²) in [5.74, 6) is 0.556. The van der Waals surface area contributed by atoms with Gasteiger partial charge < -0.3 is 27.7 Å². The number of aliphatic imine (C=N–C) groups is 1. The van der Waals surface area contributed by atoms with Gasteiger partial charge in [-0.1, -0.05) is 19.1 Å². The molecule has 2 aliphatic heterocycles. The lowest BCUT2D eigenvalue weighted by Crippen LogP contribution is -3.24. The number of phenols is 1. The number of fused-ring (bicyclic) bond motifs is 1. The number of rotatable bonds is 5. The average molecular weight is 369 g/mol. The van der Waals surface area contributed by atoms with Gasteiger partial charge in [-0.3, -0.25) is 10.7 Å². The molecular weight excluding hydrogens is 340 g/mol. The van der Waals surface area contributed by atoms with E-state index in [2.05, 4.69) is 30.0 Å². The fourth-order valence-corrected chi connectivity index (χ4v) is 4.01. The van der Waals surface area contributed by atoms with Crippen LogP contribution in [0.25, 0.3) is 0 Å². The lowest BCUT2D eigenvalue weighted by Gasteiger charge is -2.42. The minimum absolute atomic E-state index is 0. The van der Waals surface area contributed by atoms with Gasteiger partial charge in [-0.15, -0.1) is 0 Å². The number of hydrogen-bond acceptors (Lipinski definition) is 6. The second-order valence-corrected chi connectivity index (χ2v) is 6.56. The first-order valence-corrected chi connectivity index (χ1v) is 8.82. The average Bonchev–Trinajstić information content (AvgIpc) is 2.99. The minimum atomic E-state index is -0.0484. The van der Waals surface area contributed by atoms with Crippen LogP contribution >= 0.6 is 0 Å². The maximum Gasteiger partial charge on any atom is 0.162 e. The molecule has 1 aromatic carbocycles. The van der Waals surface area contributed by atoms with Crippen LogP contribution < -0.4 is 39.2 Å². The molecule has 140 valence electrons. The summed E-state index contributed by atoms with van der Waals surface area (Å²) in [6, 6.07) is 7.56. The van der Waals surface area contributed by atoms with Crippen LogP contribution in [0.2, 0.25) is 0 Å². The number of nitrogens with two attached hydrogens (primary N) is 1. The molecule has 8 heteroatoms. The normalized spacial score (nSPS) is 34.7. The van der Waals surface area contributed by atoms with E-state index in [0.717, 1.165) is 25.1 Å². The molecule has 0 spiro atoms. The molecule has 25 heavy (non-hydrogen) atoms. The smallest absolute Gasteiger partial charge is 0.162 e. The van der Waals surface area contributed by atoms with Crippen molar-refractivity contribution in [3.05, 3.63) is 29.8 Å². The van der Waals surface area contributed by atoms with Crippen LogP contribution in [0.4, 0.5) is 0 Å². The fraction of sp³-hybridized carbons (Fsp3) is 0.588. The molecule has 1 aromatic rings. The van der Waals surface area contributed by atoms with Crippen molar-refractivity contribution in [3.63, 3.8) is 0 Å². The number of piperidine rings is 1. The number of benzene rings is 1. The summed E-state index contributed by atoms with van der Waals surface area (Å²) in [7, 11) is 0. The third-order valence-corrected chi connectivity index (χ3v) is 5.17. The summed E-state index contributed by atoms with van der Waals surface area (Å²) < 4.78 is 0. The van der Waals surface area contributed by atoms with Crippen molar-refractivity contribution >= 4 is 6.21 Å². The Hall–Kier alpha value is -1.22. The maximum absolute atomic E-state index is 9.91. The van der Waals surface area contributed by atoms with E-state index in [1.807, 2.05) is 18.2 Å². The zero-order chi connectivity index (χ0) is 17.1. The first kappa shape index (κ1) is 20.1. The summed E-state index contributed by atoms with van der Waals surface area (Å²) in [6.45, 7) is 6.18. The lowest BCUT2D eigenvalue weighted by atomic mass is 9.86. The van der Waals surface area contributed by atoms with E-state index in [1.165, 1.54) is 4.90 Å². The van der Waals surface area contributed by atoms with Gasteiger partial charge in [-0.05, 0) is 25.6 Å². The molecule has 2 saturated heterocycles. The molecule has 7 nitrogen and oxygen atoms in total. The van der Waals surface area contributed by atoms with Crippen LogP contribution in [0.15, 0.2) is 29.3 Å². The molecule has 0 bridgehead atoms. The van der Waals surface area contributed by atoms with Crippen molar-refractivity contribution in [1.82, 2.24) is 16.2 Å². The van der Waals surface area contributed by atoms with E-state index in [-0.39, 0.29) is 36.7 Å². The molecule has 0 amide bonds. The van der Waals surface area contributed by atoms with Crippen molar-refractivity contribution in [2.75, 3.05) is 13.1 Å². The maximum atomic E-state index is 9.91. The topological polar surface area (TPSA) is 99.1 Å². The van der Waals surface area contributed by atoms with Gasteiger partial charge in [0.2, 0.25) is 0 Å². The first-order chi connectivity index (χ1) is 11.7. The van der Waals surface area contributed by atoms with Crippen molar-refractivity contribution < 1.29 is 22.4 Å². The fourth-order valence-electron chi connectivity index (χ4n) is 4.01. The molecule has 0 saturated carbocycles. The summed E-state index contributed by atoms with van der Waals surface area (Å²) >= 11 is 0. The van der Waals surface area contributed by atoms with Gasteiger partial charge in [0, 0.05) is 24.2 Å². The molecule has 2 aliphatic rings. The standard InChI is InChI=1S/C17H28N6O.ClH/c1-3-19-12-9-14(18)23(4-2)17-15(12)16(21-22-17)20-10-11-7-5-6-8-13(11)24;/h5-8,10,12,14-17,19,21-22,24H,3-4,9,18H2,1-2H3;1H/b20-10+;. The van der Waals surface area contributed by atoms with Crippen molar-refractivity contribution in [2.45, 2.75) is 44.8 Å². The van der Waals surface area contributed by atoms with Crippen LogP contribution in [0.5, 0.6) is 5.75 Å². The molecule has 2 fully saturated rings. The molecule has 0 radical (unpaired) electrons. The zero-order valence-electron chi connectivity index (χ0n) is 14.7. The number of likely N-dealkylation sites (tertiary alicyclic amines) is 1. The highest BCUT2D eigenvalue weighted by atomic mass is 35.5. The van der Waals surface area contributed by atoms with E-state index in [0.29, 0.717) is 12.0 Å². The quantitative estimate of drug-likeness (QED) is 0.296. The molecule has 2 heterocycles. The molecule has 0 aromatic heterocycles. The molecule has 7 N–H and O–H groups in total. The summed E-state index contributed by atoms with van der Waals surface area (Å²) in [5, 5.41) is 13.5. The van der Waals surface area contributed by atoms with E-state index < -0.39 is 0 Å². The van der Waals surface area contributed by atoms with Gasteiger partial charge in [-0.2, -0.15) is 0 Å². The number of hydrazine groups is 1. The van der Waals surface area contributed by atoms with Gasteiger partial charge in [0.25, 0.3) is 0 Å². The highest BCUT2D eigenvalue weighted by Crippen LogP contribution is 2.24. The number of aromatic hydroxyl groups is 1. The molecule has 0 aliphatic carbocycles. The number of quaternary nitrogens is 1. The van der Waals surface area contributed by atoms with Crippen molar-refractivity contribution in [1.29, 1.82) is 0 Å². The van der Waals surface area contributed by atoms with Gasteiger partial charge in [-0.25, -0.2) is 10.9 Å². The third-order valence-electron chi connectivity index (χ3n) is 5.17. The predicted molar refractivity (Wildman–Crippen MR) is 94.6 cm³/mol. The SMILES string of the molecule is CCNC1CC(N)[NH+](CC)C2NNC(/N=C/c3ccccc3O)C12.[Cl-]. The van der Waals surface area contributed by atoms with E-state index in [4.69, 9.17) is 10.7 Å². The number of para-hydroxylation sites is 1. The Bertz CT molecular complexity index is 586. The second-order valence-electron chi connectivity index (χ2n) is 6.56. The third kappa shape index (κ3) is 4.13. The van der Waals surface area contributed by atoms with Gasteiger partial charge >= 0.3 is 0 Å². The largest absolute Gasteiger partial charge is 1.00 e. The van der Waals surface area contributed by atoms with E-state index in [1.54, 1.807) is 12.3 Å². The number of nitrogens with zero attached hydrogens (tertiary/aromatic N) is 1. The Morgan fingerprint density at radius 2 is 2.12 bits per heavy atom.